The minimum Gasteiger partial charge on any atom is -0.296 e. The highest BCUT2D eigenvalue weighted by Crippen LogP contribution is 2.21. The summed E-state index contributed by atoms with van der Waals surface area (Å²) in [5.41, 5.74) is 1.20. The van der Waals surface area contributed by atoms with Gasteiger partial charge in [-0.15, -0.1) is 0 Å². The number of hydrogen-bond acceptors (Lipinski definition) is 4. The number of nitrogens with zero attached hydrogens (tertiary/aromatic N) is 4. The molecule has 8 heteroatoms. The lowest BCUT2D eigenvalue weighted by molar-refractivity contribution is 0.181. The van der Waals surface area contributed by atoms with Crippen molar-refractivity contribution in [2.75, 3.05) is 26.2 Å². The average Bonchev–Trinajstić information content (AvgIpc) is 2.98. The Hall–Kier alpha value is -1.77. The minimum absolute atomic E-state index is 0.298. The molecule has 0 bridgehead atoms. The van der Waals surface area contributed by atoms with Crippen LogP contribution in [0.4, 0.5) is 4.39 Å². The Balaban J connectivity index is 1.66. The fourth-order valence-electron chi connectivity index (χ4n) is 2.86. The Labute approximate surface area is 141 Å². The number of aromatic nitrogens is 2. The van der Waals surface area contributed by atoms with Crippen molar-refractivity contribution in [1.82, 2.24) is 19.0 Å². The maximum Gasteiger partial charge on any atom is 0.249 e. The van der Waals surface area contributed by atoms with E-state index >= 15 is 0 Å². The van der Waals surface area contributed by atoms with Crippen molar-refractivity contribution in [3.8, 4) is 0 Å². The van der Waals surface area contributed by atoms with E-state index in [4.69, 9.17) is 0 Å². The molecule has 1 aliphatic heterocycles. The van der Waals surface area contributed by atoms with Gasteiger partial charge in [-0.1, -0.05) is 30.3 Å². The fraction of sp³-hybridized carbons (Fsp3) is 0.438. The van der Waals surface area contributed by atoms with Crippen LogP contribution in [-0.4, -0.2) is 53.6 Å². The van der Waals surface area contributed by atoms with Crippen LogP contribution in [0.2, 0.25) is 0 Å². The smallest absolute Gasteiger partial charge is 0.249 e. The van der Waals surface area contributed by atoms with Gasteiger partial charge in [-0.25, -0.2) is 13.1 Å². The Bertz CT molecular complexity index is 784. The molecule has 6 nitrogen and oxygen atoms in total. The molecule has 1 aromatic heterocycles. The summed E-state index contributed by atoms with van der Waals surface area (Å²) in [5, 5.41) is 3.79. The molecule has 0 atom stereocenters. The molecule has 1 fully saturated rings. The molecule has 1 saturated heterocycles. The van der Waals surface area contributed by atoms with Crippen LogP contribution in [0, 0.1) is 5.95 Å². The standard InChI is InChI=1S/C16H21FN4O2S/c1-2-21-16(17)15(12-18-21)24(22,23)20-10-8-19(9-11-20)13-14-6-4-3-5-7-14/h3-7,12H,2,8-11,13H2,1H3. The minimum atomic E-state index is -3.83. The topological polar surface area (TPSA) is 58.4 Å². The SMILES string of the molecule is CCn1ncc(S(=O)(=O)N2CCN(Cc3ccccc3)CC2)c1F. The summed E-state index contributed by atoms with van der Waals surface area (Å²) >= 11 is 0. The van der Waals surface area contributed by atoms with Gasteiger partial charge in [0, 0.05) is 39.3 Å². The van der Waals surface area contributed by atoms with Gasteiger partial charge in [-0.2, -0.15) is 13.8 Å². The van der Waals surface area contributed by atoms with E-state index in [-0.39, 0.29) is 4.90 Å². The number of hydrogen-bond donors (Lipinski definition) is 0. The van der Waals surface area contributed by atoms with E-state index in [0.717, 1.165) is 17.4 Å². The third-order valence-corrected chi connectivity index (χ3v) is 6.12. The van der Waals surface area contributed by atoms with E-state index in [1.165, 1.54) is 9.87 Å². The van der Waals surface area contributed by atoms with Crippen molar-refractivity contribution in [1.29, 1.82) is 0 Å². The maximum absolute atomic E-state index is 14.1. The van der Waals surface area contributed by atoms with Crippen LogP contribution in [0.1, 0.15) is 12.5 Å². The van der Waals surface area contributed by atoms with Crippen LogP contribution in [0.5, 0.6) is 0 Å². The van der Waals surface area contributed by atoms with E-state index in [9.17, 15) is 12.8 Å². The third-order valence-electron chi connectivity index (χ3n) is 4.24. The zero-order valence-corrected chi connectivity index (χ0v) is 14.4. The lowest BCUT2D eigenvalue weighted by Gasteiger charge is -2.33. The van der Waals surface area contributed by atoms with Gasteiger partial charge >= 0.3 is 0 Å². The molecular formula is C16H21FN4O2S. The molecule has 0 N–H and O–H groups in total. The number of rotatable bonds is 5. The molecule has 0 amide bonds. The van der Waals surface area contributed by atoms with Crippen LogP contribution in [0.15, 0.2) is 41.4 Å². The maximum atomic E-state index is 14.1. The zero-order valence-electron chi connectivity index (χ0n) is 13.6. The van der Waals surface area contributed by atoms with Gasteiger partial charge in [0.2, 0.25) is 16.0 Å². The Morgan fingerprint density at radius 3 is 2.38 bits per heavy atom. The molecule has 2 aromatic rings. The summed E-state index contributed by atoms with van der Waals surface area (Å²) in [6.45, 7) is 4.75. The molecule has 130 valence electrons. The summed E-state index contributed by atoms with van der Waals surface area (Å²) in [5.74, 6) is -0.788. The highest BCUT2D eigenvalue weighted by Gasteiger charge is 2.32. The second kappa shape index (κ2) is 7.00. The number of aryl methyl sites for hydroxylation is 1. The van der Waals surface area contributed by atoms with Gasteiger partial charge in [-0.05, 0) is 12.5 Å². The predicted octanol–water partition coefficient (Wildman–Crippen LogP) is 1.55. The van der Waals surface area contributed by atoms with Crippen molar-refractivity contribution in [3.05, 3.63) is 48.0 Å². The first-order chi connectivity index (χ1) is 11.5. The molecule has 3 rings (SSSR count). The van der Waals surface area contributed by atoms with Gasteiger partial charge in [-0.3, -0.25) is 4.90 Å². The molecule has 2 heterocycles. The van der Waals surface area contributed by atoms with Crippen LogP contribution >= 0.6 is 0 Å². The van der Waals surface area contributed by atoms with Crippen molar-refractivity contribution in [2.45, 2.75) is 24.9 Å². The second-order valence-corrected chi connectivity index (χ2v) is 7.69. The predicted molar refractivity (Wildman–Crippen MR) is 88.3 cm³/mol. The van der Waals surface area contributed by atoms with Crippen molar-refractivity contribution in [3.63, 3.8) is 0 Å². The molecule has 1 aliphatic rings. The van der Waals surface area contributed by atoms with E-state index in [2.05, 4.69) is 22.1 Å². The summed E-state index contributed by atoms with van der Waals surface area (Å²) in [6.07, 6.45) is 1.10. The summed E-state index contributed by atoms with van der Waals surface area (Å²) < 4.78 is 41.8. The van der Waals surface area contributed by atoms with Crippen molar-refractivity contribution < 1.29 is 12.8 Å². The van der Waals surface area contributed by atoms with E-state index in [1.807, 2.05) is 18.2 Å². The molecule has 0 unspecified atom stereocenters. The second-order valence-electron chi connectivity index (χ2n) is 5.78. The molecule has 24 heavy (non-hydrogen) atoms. The highest BCUT2D eigenvalue weighted by molar-refractivity contribution is 7.89. The van der Waals surface area contributed by atoms with Crippen molar-refractivity contribution in [2.24, 2.45) is 0 Å². The van der Waals surface area contributed by atoms with Gasteiger partial charge in [0.05, 0.1) is 6.20 Å². The quantitative estimate of drug-likeness (QED) is 0.819. The molecule has 0 spiro atoms. The summed E-state index contributed by atoms with van der Waals surface area (Å²) in [4.78, 5) is 1.87. The Morgan fingerprint density at radius 1 is 1.12 bits per heavy atom. The normalized spacial score (nSPS) is 17.2. The molecule has 0 radical (unpaired) electrons. The van der Waals surface area contributed by atoms with Gasteiger partial charge < -0.3 is 0 Å². The Morgan fingerprint density at radius 2 is 1.79 bits per heavy atom. The number of halogens is 1. The first-order valence-corrected chi connectivity index (χ1v) is 9.44. The molecule has 1 aromatic carbocycles. The number of piperazine rings is 1. The summed E-state index contributed by atoms with van der Waals surface area (Å²) in [7, 11) is -3.83. The van der Waals surface area contributed by atoms with Gasteiger partial charge in [0.25, 0.3) is 0 Å². The first-order valence-electron chi connectivity index (χ1n) is 8.00. The van der Waals surface area contributed by atoms with E-state index < -0.39 is 16.0 Å². The van der Waals surface area contributed by atoms with E-state index in [0.29, 0.717) is 32.7 Å². The lowest BCUT2D eigenvalue weighted by Crippen LogP contribution is -2.48. The lowest BCUT2D eigenvalue weighted by atomic mass is 10.2. The largest absolute Gasteiger partial charge is 0.296 e. The van der Waals surface area contributed by atoms with Crippen LogP contribution in [0.25, 0.3) is 0 Å². The molecule has 0 saturated carbocycles. The van der Waals surface area contributed by atoms with Crippen LogP contribution < -0.4 is 0 Å². The highest BCUT2D eigenvalue weighted by atomic mass is 32.2. The first kappa shape index (κ1) is 17.1. The number of benzene rings is 1. The third kappa shape index (κ3) is 3.35. The number of sulfonamides is 1. The van der Waals surface area contributed by atoms with Gasteiger partial charge in [0.1, 0.15) is 0 Å². The fourth-order valence-corrected chi connectivity index (χ4v) is 4.28. The van der Waals surface area contributed by atoms with E-state index in [1.54, 1.807) is 6.92 Å². The van der Waals surface area contributed by atoms with Crippen LogP contribution in [-0.2, 0) is 23.1 Å². The Kier molecular flexibility index (Phi) is 4.98. The summed E-state index contributed by atoms with van der Waals surface area (Å²) in [6, 6.07) is 10.1. The van der Waals surface area contributed by atoms with Crippen molar-refractivity contribution >= 4 is 10.0 Å². The van der Waals surface area contributed by atoms with Gasteiger partial charge in [0.15, 0.2) is 4.90 Å². The molecular weight excluding hydrogens is 331 g/mol. The average molecular weight is 352 g/mol. The molecule has 0 aliphatic carbocycles. The zero-order chi connectivity index (χ0) is 17.2. The van der Waals surface area contributed by atoms with Crippen LogP contribution in [0.3, 0.4) is 0 Å². The monoisotopic (exact) mass is 352 g/mol.